The fraction of sp³-hybridized carbons (Fsp3) is 0.714. The zero-order valence-electron chi connectivity index (χ0n) is 30.1. The molecule has 1 unspecified atom stereocenters. The van der Waals surface area contributed by atoms with Crippen LogP contribution in [-0.4, -0.2) is 23.1 Å². The van der Waals surface area contributed by atoms with E-state index in [0.29, 0.717) is 6.42 Å². The van der Waals surface area contributed by atoms with Crippen molar-refractivity contribution in [3.8, 4) is 0 Å². The number of hydrogen-bond acceptors (Lipinski definition) is 3. The van der Waals surface area contributed by atoms with E-state index < -0.39 is 5.97 Å². The first-order valence-corrected chi connectivity index (χ1v) is 19.3. The number of esters is 1. The molecule has 0 aromatic rings. The van der Waals surface area contributed by atoms with Crippen molar-refractivity contribution in [2.45, 2.75) is 193 Å². The van der Waals surface area contributed by atoms with Gasteiger partial charge < -0.3 is 9.84 Å². The van der Waals surface area contributed by atoms with E-state index >= 15 is 0 Å². The largest absolute Gasteiger partial charge is 0.481 e. The molecule has 0 saturated heterocycles. The Balaban J connectivity index is 4.19. The third-order valence-corrected chi connectivity index (χ3v) is 8.22. The SMILES string of the molecule is CC/C=C\C/C=C\C/C=C\CCCCCC(=O)OC(CCCCC/C=C\C/C=C\CCCCCCC)CCCCCCCC(=O)O. The number of carbonyl (C=O) groups is 2. The van der Waals surface area contributed by atoms with Gasteiger partial charge in [0.15, 0.2) is 0 Å². The minimum atomic E-state index is -0.710. The van der Waals surface area contributed by atoms with E-state index in [1.165, 1.54) is 51.4 Å². The quantitative estimate of drug-likeness (QED) is 0.0432. The first-order valence-electron chi connectivity index (χ1n) is 19.3. The number of ether oxygens (including phenoxy) is 1. The summed E-state index contributed by atoms with van der Waals surface area (Å²) >= 11 is 0. The van der Waals surface area contributed by atoms with Gasteiger partial charge in [-0.25, -0.2) is 0 Å². The van der Waals surface area contributed by atoms with Crippen molar-refractivity contribution < 1.29 is 19.4 Å². The van der Waals surface area contributed by atoms with Crippen LogP contribution in [0.25, 0.3) is 0 Å². The Bertz CT molecular complexity index is 820. The molecule has 264 valence electrons. The zero-order chi connectivity index (χ0) is 33.6. The molecule has 1 atom stereocenters. The van der Waals surface area contributed by atoms with Gasteiger partial charge in [-0.3, -0.25) is 9.59 Å². The van der Waals surface area contributed by atoms with E-state index in [-0.39, 0.29) is 18.5 Å². The van der Waals surface area contributed by atoms with Crippen molar-refractivity contribution in [1.82, 2.24) is 0 Å². The van der Waals surface area contributed by atoms with Crippen LogP contribution >= 0.6 is 0 Å². The lowest BCUT2D eigenvalue weighted by Gasteiger charge is -2.18. The molecule has 0 heterocycles. The molecule has 0 bridgehead atoms. The summed E-state index contributed by atoms with van der Waals surface area (Å²) in [6, 6.07) is 0. The maximum absolute atomic E-state index is 12.6. The smallest absolute Gasteiger partial charge is 0.306 e. The molecule has 0 aromatic heterocycles. The topological polar surface area (TPSA) is 63.6 Å². The second kappa shape index (κ2) is 37.1. The minimum Gasteiger partial charge on any atom is -0.481 e. The second-order valence-corrected chi connectivity index (χ2v) is 12.7. The van der Waals surface area contributed by atoms with Crippen LogP contribution in [0.2, 0.25) is 0 Å². The summed E-state index contributed by atoms with van der Waals surface area (Å²) in [6.45, 7) is 4.42. The molecule has 1 N–H and O–H groups in total. The molecule has 46 heavy (non-hydrogen) atoms. The molecule has 0 rings (SSSR count). The first kappa shape index (κ1) is 43.6. The van der Waals surface area contributed by atoms with Crippen LogP contribution in [0.15, 0.2) is 60.8 Å². The summed E-state index contributed by atoms with van der Waals surface area (Å²) in [5, 5.41) is 8.81. The molecular formula is C42H72O4. The van der Waals surface area contributed by atoms with Crippen molar-refractivity contribution in [3.63, 3.8) is 0 Å². The van der Waals surface area contributed by atoms with Crippen LogP contribution in [0.1, 0.15) is 187 Å². The Labute approximate surface area is 284 Å². The van der Waals surface area contributed by atoms with Gasteiger partial charge in [-0.15, -0.1) is 0 Å². The van der Waals surface area contributed by atoms with Crippen LogP contribution in [-0.2, 0) is 14.3 Å². The van der Waals surface area contributed by atoms with Gasteiger partial charge in [0.05, 0.1) is 0 Å². The van der Waals surface area contributed by atoms with Gasteiger partial charge in [-0.1, -0.05) is 132 Å². The predicted octanol–water partition coefficient (Wildman–Crippen LogP) is 13.3. The summed E-state index contributed by atoms with van der Waals surface area (Å²) in [5.41, 5.74) is 0. The molecule has 4 nitrogen and oxygen atoms in total. The number of rotatable bonds is 34. The highest BCUT2D eigenvalue weighted by Crippen LogP contribution is 2.18. The van der Waals surface area contributed by atoms with Crippen molar-refractivity contribution in [2.75, 3.05) is 0 Å². The Morgan fingerprint density at radius 3 is 1.46 bits per heavy atom. The summed E-state index contributed by atoms with van der Waals surface area (Å²) in [5.74, 6) is -0.751. The fourth-order valence-electron chi connectivity index (χ4n) is 5.40. The summed E-state index contributed by atoms with van der Waals surface area (Å²) in [7, 11) is 0. The van der Waals surface area contributed by atoms with Gasteiger partial charge in [-0.2, -0.15) is 0 Å². The molecule has 0 radical (unpaired) electrons. The summed E-state index contributed by atoms with van der Waals surface area (Å²) in [4.78, 5) is 23.3. The average Bonchev–Trinajstić information content (AvgIpc) is 3.04. The Morgan fingerprint density at radius 2 is 0.913 bits per heavy atom. The number of unbranched alkanes of at least 4 members (excludes halogenated alkanes) is 15. The van der Waals surface area contributed by atoms with Crippen LogP contribution in [0.4, 0.5) is 0 Å². The zero-order valence-corrected chi connectivity index (χ0v) is 30.1. The Hall–Kier alpha value is -2.36. The number of hydrogen-bond donors (Lipinski definition) is 1. The molecule has 0 aliphatic rings. The number of carboxylic acids is 1. The van der Waals surface area contributed by atoms with Gasteiger partial charge in [-0.05, 0) is 103 Å². The highest BCUT2D eigenvalue weighted by atomic mass is 16.5. The molecule has 0 aliphatic carbocycles. The van der Waals surface area contributed by atoms with E-state index in [9.17, 15) is 9.59 Å². The van der Waals surface area contributed by atoms with Gasteiger partial charge in [0.25, 0.3) is 0 Å². The second-order valence-electron chi connectivity index (χ2n) is 12.7. The lowest BCUT2D eigenvalue weighted by molar-refractivity contribution is -0.150. The molecule has 0 aromatic carbocycles. The first-order chi connectivity index (χ1) is 22.6. The molecule has 0 spiro atoms. The van der Waals surface area contributed by atoms with Crippen molar-refractivity contribution in [3.05, 3.63) is 60.8 Å². The molecule has 0 saturated carbocycles. The van der Waals surface area contributed by atoms with Crippen molar-refractivity contribution >= 4 is 11.9 Å². The third kappa shape index (κ3) is 36.1. The van der Waals surface area contributed by atoms with E-state index in [1.54, 1.807) is 0 Å². The molecule has 0 aliphatic heterocycles. The average molecular weight is 641 g/mol. The number of carbonyl (C=O) groups excluding carboxylic acids is 1. The monoisotopic (exact) mass is 641 g/mol. The van der Waals surface area contributed by atoms with Gasteiger partial charge in [0.2, 0.25) is 0 Å². The number of allylic oxidation sites excluding steroid dienone is 10. The molecule has 0 fully saturated rings. The van der Waals surface area contributed by atoms with Gasteiger partial charge in [0.1, 0.15) is 6.10 Å². The minimum absolute atomic E-state index is 0.0163. The van der Waals surface area contributed by atoms with Crippen molar-refractivity contribution in [1.29, 1.82) is 0 Å². The van der Waals surface area contributed by atoms with E-state index in [2.05, 4.69) is 74.6 Å². The Morgan fingerprint density at radius 1 is 0.500 bits per heavy atom. The summed E-state index contributed by atoms with van der Waals surface area (Å²) < 4.78 is 5.97. The third-order valence-electron chi connectivity index (χ3n) is 8.22. The van der Waals surface area contributed by atoms with Crippen LogP contribution < -0.4 is 0 Å². The molecular weight excluding hydrogens is 568 g/mol. The summed E-state index contributed by atoms with van der Waals surface area (Å²) in [6.07, 6.45) is 50.9. The highest BCUT2D eigenvalue weighted by molar-refractivity contribution is 5.69. The van der Waals surface area contributed by atoms with Crippen LogP contribution in [0.5, 0.6) is 0 Å². The van der Waals surface area contributed by atoms with Gasteiger partial charge >= 0.3 is 11.9 Å². The lowest BCUT2D eigenvalue weighted by Crippen LogP contribution is -2.18. The van der Waals surface area contributed by atoms with Crippen LogP contribution in [0.3, 0.4) is 0 Å². The standard InChI is InChI=1S/C42H72O4/c1-3-5-7-9-11-13-15-17-18-20-21-23-25-28-32-36-40(37-33-29-27-30-34-38-41(43)44)46-42(45)39-35-31-26-24-22-19-16-14-12-10-8-6-4-2/h6,8,12,14-15,17,19-22,40H,3-5,7,9-11,13,16,18,23-39H2,1-2H3,(H,43,44)/b8-6-,14-12-,17-15-,21-20-,22-19-. The van der Waals surface area contributed by atoms with E-state index in [0.717, 1.165) is 109 Å². The normalized spacial score (nSPS) is 12.9. The lowest BCUT2D eigenvalue weighted by atomic mass is 10.0. The molecule has 4 heteroatoms. The predicted molar refractivity (Wildman–Crippen MR) is 199 cm³/mol. The maximum Gasteiger partial charge on any atom is 0.306 e. The van der Waals surface area contributed by atoms with Crippen molar-refractivity contribution in [2.24, 2.45) is 0 Å². The Kier molecular flexibility index (Phi) is 35.2. The molecule has 0 amide bonds. The highest BCUT2D eigenvalue weighted by Gasteiger charge is 2.14. The number of carboxylic acid groups (broad SMARTS) is 1. The van der Waals surface area contributed by atoms with Gasteiger partial charge in [0, 0.05) is 12.8 Å². The maximum atomic E-state index is 12.6. The van der Waals surface area contributed by atoms with Crippen LogP contribution in [0, 0.1) is 0 Å². The van der Waals surface area contributed by atoms with E-state index in [4.69, 9.17) is 9.84 Å². The van der Waals surface area contributed by atoms with E-state index in [1.807, 2.05) is 0 Å². The number of aliphatic carboxylic acids is 1. The fourth-order valence-corrected chi connectivity index (χ4v) is 5.40.